The summed E-state index contributed by atoms with van der Waals surface area (Å²) in [5.74, 6) is 0.745. The van der Waals surface area contributed by atoms with Crippen molar-refractivity contribution in [1.29, 1.82) is 0 Å². The van der Waals surface area contributed by atoms with Crippen LogP contribution >= 0.6 is 39.1 Å². The molecule has 2 aromatic heterocycles. The minimum absolute atomic E-state index is 0.238. The summed E-state index contributed by atoms with van der Waals surface area (Å²) in [7, 11) is 0. The summed E-state index contributed by atoms with van der Waals surface area (Å²) in [4.78, 5) is 8.65. The number of halogens is 3. The van der Waals surface area contributed by atoms with E-state index in [4.69, 9.17) is 23.2 Å². The molecule has 102 valence electrons. The number of aromatic nitrogens is 3. The molecule has 0 spiro atoms. The zero-order valence-corrected chi connectivity index (χ0v) is 13.6. The Morgan fingerprint density at radius 2 is 2.10 bits per heavy atom. The number of pyridine rings is 1. The van der Waals surface area contributed by atoms with Crippen LogP contribution in [-0.2, 0) is 0 Å². The lowest BCUT2D eigenvalue weighted by Crippen LogP contribution is -2.02. The van der Waals surface area contributed by atoms with E-state index in [1.165, 1.54) is 0 Å². The summed E-state index contributed by atoms with van der Waals surface area (Å²) < 4.78 is 2.92. The lowest BCUT2D eigenvalue weighted by atomic mass is 10.3. The molecule has 6 heteroatoms. The number of nitrogens with zero attached hydrogens (tertiary/aromatic N) is 3. The van der Waals surface area contributed by atoms with Gasteiger partial charge >= 0.3 is 0 Å². The number of hydrogen-bond donors (Lipinski definition) is 0. The molecule has 0 radical (unpaired) electrons. The number of hydrogen-bond acceptors (Lipinski definition) is 2. The molecule has 2 heterocycles. The number of imidazole rings is 1. The van der Waals surface area contributed by atoms with Crippen LogP contribution in [0.5, 0.6) is 0 Å². The van der Waals surface area contributed by atoms with Gasteiger partial charge in [0.15, 0.2) is 0 Å². The van der Waals surface area contributed by atoms with Crippen molar-refractivity contribution >= 4 is 50.2 Å². The molecule has 0 aliphatic rings. The minimum Gasteiger partial charge on any atom is -0.293 e. The Kier molecular flexibility index (Phi) is 3.71. The smallest absolute Gasteiger partial charge is 0.132 e. The number of alkyl halides is 1. The van der Waals surface area contributed by atoms with Gasteiger partial charge in [-0.3, -0.25) is 9.55 Å². The van der Waals surface area contributed by atoms with Gasteiger partial charge in [0, 0.05) is 10.7 Å². The Morgan fingerprint density at radius 1 is 1.30 bits per heavy atom. The van der Waals surface area contributed by atoms with Crippen LogP contribution in [0.25, 0.3) is 16.7 Å². The molecule has 0 N–H and O–H groups in total. The highest BCUT2D eigenvalue weighted by Gasteiger charge is 2.18. The molecule has 20 heavy (non-hydrogen) atoms. The Hall–Kier alpha value is -1.10. The predicted molar refractivity (Wildman–Crippen MR) is 85.8 cm³/mol. The fourth-order valence-corrected chi connectivity index (χ4v) is 2.83. The van der Waals surface area contributed by atoms with E-state index < -0.39 is 0 Å². The van der Waals surface area contributed by atoms with Crippen LogP contribution < -0.4 is 0 Å². The average molecular weight is 371 g/mol. The van der Waals surface area contributed by atoms with Gasteiger partial charge in [-0.25, -0.2) is 4.98 Å². The van der Waals surface area contributed by atoms with E-state index >= 15 is 0 Å². The summed E-state index contributed by atoms with van der Waals surface area (Å²) in [6.45, 7) is 1.89. The van der Waals surface area contributed by atoms with Gasteiger partial charge in [0.25, 0.3) is 0 Å². The fraction of sp³-hybridized carbons (Fsp3) is 0.143. The van der Waals surface area contributed by atoms with Crippen LogP contribution in [0, 0.1) is 0 Å². The molecule has 1 atom stereocenters. The Balaban J connectivity index is 2.39. The standard InChI is InChI=1S/C14H10BrCl2N3/c1-8(16)14-19-11-7-18-5-4-12(11)20(14)13-6-9(15)2-3-10(13)17/h2-8H,1H3. The van der Waals surface area contributed by atoms with E-state index in [1.54, 1.807) is 12.4 Å². The van der Waals surface area contributed by atoms with E-state index in [9.17, 15) is 0 Å². The monoisotopic (exact) mass is 369 g/mol. The van der Waals surface area contributed by atoms with Crippen LogP contribution in [0.4, 0.5) is 0 Å². The van der Waals surface area contributed by atoms with Crippen LogP contribution in [0.2, 0.25) is 5.02 Å². The van der Waals surface area contributed by atoms with Crippen molar-refractivity contribution in [2.45, 2.75) is 12.3 Å². The SMILES string of the molecule is CC(Cl)c1nc2cnccc2n1-c1cc(Br)ccc1Cl. The largest absolute Gasteiger partial charge is 0.293 e. The Labute approximate surface area is 134 Å². The molecule has 1 unspecified atom stereocenters. The van der Waals surface area contributed by atoms with Crippen molar-refractivity contribution in [1.82, 2.24) is 14.5 Å². The molecule has 3 nitrogen and oxygen atoms in total. The van der Waals surface area contributed by atoms with Gasteiger partial charge in [0.2, 0.25) is 0 Å². The van der Waals surface area contributed by atoms with E-state index in [0.29, 0.717) is 5.02 Å². The summed E-state index contributed by atoms with van der Waals surface area (Å²) in [5.41, 5.74) is 2.57. The molecule has 0 saturated carbocycles. The van der Waals surface area contributed by atoms with Gasteiger partial charge in [-0.05, 0) is 31.2 Å². The first-order valence-corrected chi connectivity index (χ1v) is 7.60. The quantitative estimate of drug-likeness (QED) is 0.585. The van der Waals surface area contributed by atoms with Crippen molar-refractivity contribution in [2.75, 3.05) is 0 Å². The van der Waals surface area contributed by atoms with Crippen LogP contribution in [0.3, 0.4) is 0 Å². The molecular weight excluding hydrogens is 361 g/mol. The van der Waals surface area contributed by atoms with Crippen molar-refractivity contribution in [3.8, 4) is 5.69 Å². The maximum atomic E-state index is 6.34. The predicted octanol–water partition coefficient (Wildman–Crippen LogP) is 5.14. The second kappa shape index (κ2) is 5.35. The highest BCUT2D eigenvalue weighted by Crippen LogP contribution is 2.32. The van der Waals surface area contributed by atoms with Gasteiger partial charge in [-0.15, -0.1) is 11.6 Å². The summed E-state index contributed by atoms with van der Waals surface area (Å²) in [6.07, 6.45) is 3.45. The number of benzene rings is 1. The second-order valence-electron chi connectivity index (χ2n) is 4.38. The molecule has 0 fully saturated rings. The molecular formula is C14H10BrCl2N3. The number of rotatable bonds is 2. The van der Waals surface area contributed by atoms with Crippen molar-refractivity contribution < 1.29 is 0 Å². The highest BCUT2D eigenvalue weighted by atomic mass is 79.9. The third kappa shape index (κ3) is 2.32. The molecule has 0 bridgehead atoms. The van der Waals surface area contributed by atoms with Crippen LogP contribution in [-0.4, -0.2) is 14.5 Å². The summed E-state index contributed by atoms with van der Waals surface area (Å²) >= 11 is 16.1. The highest BCUT2D eigenvalue weighted by molar-refractivity contribution is 9.10. The lowest BCUT2D eigenvalue weighted by molar-refractivity contribution is 0.882. The minimum atomic E-state index is -0.238. The number of fused-ring (bicyclic) bond motifs is 1. The first kappa shape index (κ1) is 13.9. The topological polar surface area (TPSA) is 30.7 Å². The first-order chi connectivity index (χ1) is 9.58. The van der Waals surface area contributed by atoms with Crippen molar-refractivity contribution in [2.24, 2.45) is 0 Å². The normalized spacial score (nSPS) is 12.8. The Morgan fingerprint density at radius 3 is 2.85 bits per heavy atom. The van der Waals surface area contributed by atoms with Gasteiger partial charge < -0.3 is 0 Å². The molecule has 0 amide bonds. The molecule has 1 aromatic carbocycles. The fourth-order valence-electron chi connectivity index (χ4n) is 2.13. The maximum absolute atomic E-state index is 6.34. The zero-order chi connectivity index (χ0) is 14.3. The lowest BCUT2D eigenvalue weighted by Gasteiger charge is -2.12. The molecule has 0 saturated heterocycles. The van der Waals surface area contributed by atoms with Gasteiger partial charge in [0.05, 0.1) is 27.8 Å². The van der Waals surface area contributed by atoms with Crippen LogP contribution in [0.1, 0.15) is 18.1 Å². The Bertz CT molecular complexity index is 783. The van der Waals surface area contributed by atoms with E-state index in [0.717, 1.165) is 27.0 Å². The van der Waals surface area contributed by atoms with Gasteiger partial charge in [-0.1, -0.05) is 27.5 Å². The summed E-state index contributed by atoms with van der Waals surface area (Å²) in [5, 5.41) is 0.403. The average Bonchev–Trinajstić information content (AvgIpc) is 2.81. The van der Waals surface area contributed by atoms with Crippen LogP contribution in [0.15, 0.2) is 41.1 Å². The first-order valence-electron chi connectivity index (χ1n) is 6.00. The maximum Gasteiger partial charge on any atom is 0.132 e. The van der Waals surface area contributed by atoms with Gasteiger partial charge in [-0.2, -0.15) is 0 Å². The van der Waals surface area contributed by atoms with E-state index in [2.05, 4.69) is 25.9 Å². The van der Waals surface area contributed by atoms with Crippen molar-refractivity contribution in [3.63, 3.8) is 0 Å². The summed E-state index contributed by atoms with van der Waals surface area (Å²) in [6, 6.07) is 7.60. The van der Waals surface area contributed by atoms with E-state index in [-0.39, 0.29) is 5.38 Å². The zero-order valence-electron chi connectivity index (χ0n) is 10.5. The molecule has 3 rings (SSSR count). The van der Waals surface area contributed by atoms with Gasteiger partial charge in [0.1, 0.15) is 11.3 Å². The van der Waals surface area contributed by atoms with E-state index in [1.807, 2.05) is 35.8 Å². The third-order valence-corrected chi connectivity index (χ3v) is 4.00. The molecule has 3 aromatic rings. The van der Waals surface area contributed by atoms with Crippen molar-refractivity contribution in [3.05, 3.63) is 52.0 Å². The third-order valence-electron chi connectivity index (χ3n) is 2.99. The molecule has 0 aliphatic heterocycles. The second-order valence-corrected chi connectivity index (χ2v) is 6.36. The molecule has 0 aliphatic carbocycles.